The summed E-state index contributed by atoms with van der Waals surface area (Å²) in [5.41, 5.74) is 2.52. The first kappa shape index (κ1) is 16.5. The minimum Gasteiger partial charge on any atom is -0.478 e. The molecule has 122 valence electrons. The fourth-order valence-corrected chi connectivity index (χ4v) is 4.47. The van der Waals surface area contributed by atoms with Gasteiger partial charge in [-0.25, -0.2) is 4.79 Å². The van der Waals surface area contributed by atoms with Gasteiger partial charge in [-0.1, -0.05) is 11.6 Å². The van der Waals surface area contributed by atoms with Crippen molar-refractivity contribution in [2.75, 3.05) is 20.2 Å². The molecule has 0 saturated heterocycles. The Labute approximate surface area is 143 Å². The van der Waals surface area contributed by atoms with E-state index in [2.05, 4.69) is 11.9 Å². The maximum absolute atomic E-state index is 11.4. The number of likely N-dealkylation sites (N-methyl/N-ethyl adjacent to an activating group) is 1. The highest BCUT2D eigenvalue weighted by Gasteiger charge is 2.22. The van der Waals surface area contributed by atoms with Crippen LogP contribution in [0.2, 0.25) is 5.02 Å². The van der Waals surface area contributed by atoms with Gasteiger partial charge in [-0.2, -0.15) is 0 Å². The molecule has 4 nitrogen and oxygen atoms in total. The molecule has 0 fully saturated rings. The lowest BCUT2D eigenvalue weighted by Gasteiger charge is -2.13. The van der Waals surface area contributed by atoms with Crippen molar-refractivity contribution in [3.8, 4) is 0 Å². The highest BCUT2D eigenvalue weighted by molar-refractivity contribution is 7.20. The van der Waals surface area contributed by atoms with Gasteiger partial charge in [0.1, 0.15) is 0 Å². The zero-order valence-corrected chi connectivity index (χ0v) is 14.4. The Balaban J connectivity index is 2.22. The van der Waals surface area contributed by atoms with Crippen molar-refractivity contribution in [1.82, 2.24) is 4.90 Å². The van der Waals surface area contributed by atoms with E-state index >= 15 is 0 Å². The summed E-state index contributed by atoms with van der Waals surface area (Å²) in [6, 6.07) is 3.93. The molecule has 0 amide bonds. The smallest absolute Gasteiger partial charge is 0.331 e. The average molecular weight is 352 g/mol. The standard InChI is InChI=1S/C17H18ClNO3S/c1-19-6-4-11-13(18)2-3-14-16(11)12(9-19)15(23-14)8-10(5-7-20)17(21)22/h2-3,8,20H,4-7,9H2,1H3,(H,21,22)/b10-8+. The summed E-state index contributed by atoms with van der Waals surface area (Å²) in [6.07, 6.45) is 2.74. The van der Waals surface area contributed by atoms with E-state index in [1.807, 2.05) is 12.1 Å². The second-order valence-electron chi connectivity index (χ2n) is 5.78. The Hall–Kier alpha value is -1.40. The van der Waals surface area contributed by atoms with Crippen molar-refractivity contribution in [1.29, 1.82) is 0 Å². The third-order valence-electron chi connectivity index (χ3n) is 4.17. The lowest BCUT2D eigenvalue weighted by atomic mass is 10.0. The molecule has 0 atom stereocenters. The molecule has 0 radical (unpaired) electrons. The quantitative estimate of drug-likeness (QED) is 0.829. The first-order chi connectivity index (χ1) is 11.0. The van der Waals surface area contributed by atoms with Gasteiger partial charge in [0.05, 0.1) is 0 Å². The maximum Gasteiger partial charge on any atom is 0.331 e. The number of thiophene rings is 1. The number of rotatable bonds is 4. The second kappa shape index (κ2) is 6.61. The summed E-state index contributed by atoms with van der Waals surface area (Å²) in [5, 5.41) is 20.3. The average Bonchev–Trinajstić information content (AvgIpc) is 2.72. The summed E-state index contributed by atoms with van der Waals surface area (Å²) in [6.45, 7) is 1.52. The molecule has 6 heteroatoms. The first-order valence-electron chi connectivity index (χ1n) is 7.47. The van der Waals surface area contributed by atoms with Gasteiger partial charge < -0.3 is 15.1 Å². The van der Waals surface area contributed by atoms with Crippen LogP contribution in [0.3, 0.4) is 0 Å². The molecule has 1 aromatic carbocycles. The predicted octanol–water partition coefficient (Wildman–Crippen LogP) is 3.39. The van der Waals surface area contributed by atoms with Crippen LogP contribution in [0.15, 0.2) is 17.7 Å². The third-order valence-corrected chi connectivity index (χ3v) is 5.67. The molecule has 1 aromatic heterocycles. The Morgan fingerprint density at radius 3 is 2.91 bits per heavy atom. The van der Waals surface area contributed by atoms with Crippen LogP contribution in [0.25, 0.3) is 16.2 Å². The van der Waals surface area contributed by atoms with Crippen molar-refractivity contribution in [2.24, 2.45) is 0 Å². The molecule has 2 heterocycles. The minimum atomic E-state index is -0.982. The Bertz CT molecular complexity index is 797. The van der Waals surface area contributed by atoms with E-state index in [9.17, 15) is 9.90 Å². The van der Waals surface area contributed by atoms with Crippen LogP contribution < -0.4 is 0 Å². The highest BCUT2D eigenvalue weighted by Crippen LogP contribution is 2.40. The molecule has 0 spiro atoms. The third kappa shape index (κ3) is 3.15. The van der Waals surface area contributed by atoms with E-state index in [4.69, 9.17) is 16.7 Å². The fourth-order valence-electron chi connectivity index (χ4n) is 3.01. The van der Waals surface area contributed by atoms with E-state index in [0.29, 0.717) is 0 Å². The first-order valence-corrected chi connectivity index (χ1v) is 8.66. The zero-order valence-electron chi connectivity index (χ0n) is 12.8. The Morgan fingerprint density at radius 1 is 1.43 bits per heavy atom. The number of carboxylic acid groups (broad SMARTS) is 1. The summed E-state index contributed by atoms with van der Waals surface area (Å²) in [4.78, 5) is 14.5. The van der Waals surface area contributed by atoms with E-state index in [-0.39, 0.29) is 18.6 Å². The van der Waals surface area contributed by atoms with Crippen molar-refractivity contribution in [3.05, 3.63) is 38.7 Å². The molecule has 1 aliphatic rings. The molecule has 23 heavy (non-hydrogen) atoms. The van der Waals surface area contributed by atoms with Crippen molar-refractivity contribution >= 4 is 45.1 Å². The zero-order chi connectivity index (χ0) is 16.6. The van der Waals surface area contributed by atoms with Crippen LogP contribution in [-0.4, -0.2) is 41.3 Å². The van der Waals surface area contributed by atoms with Crippen LogP contribution in [0.4, 0.5) is 0 Å². The number of hydrogen-bond acceptors (Lipinski definition) is 4. The molecule has 0 saturated carbocycles. The normalized spacial score (nSPS) is 15.9. The van der Waals surface area contributed by atoms with Crippen molar-refractivity contribution < 1.29 is 15.0 Å². The fraction of sp³-hybridized carbons (Fsp3) is 0.353. The molecular formula is C17H18ClNO3S. The summed E-state index contributed by atoms with van der Waals surface area (Å²) < 4.78 is 1.13. The number of nitrogens with zero attached hydrogens (tertiary/aromatic N) is 1. The second-order valence-corrected chi connectivity index (χ2v) is 7.27. The Kier molecular flexibility index (Phi) is 4.73. The van der Waals surface area contributed by atoms with E-state index in [1.165, 1.54) is 5.39 Å². The van der Waals surface area contributed by atoms with Crippen LogP contribution in [0.5, 0.6) is 0 Å². The maximum atomic E-state index is 11.4. The van der Waals surface area contributed by atoms with Crippen LogP contribution in [-0.2, 0) is 17.8 Å². The van der Waals surface area contributed by atoms with Crippen LogP contribution in [0, 0.1) is 0 Å². The molecule has 0 unspecified atom stereocenters. The lowest BCUT2D eigenvalue weighted by molar-refractivity contribution is -0.132. The van der Waals surface area contributed by atoms with Gasteiger partial charge in [0.2, 0.25) is 0 Å². The van der Waals surface area contributed by atoms with Gasteiger partial charge >= 0.3 is 5.97 Å². The van der Waals surface area contributed by atoms with Gasteiger partial charge in [0, 0.05) is 51.7 Å². The lowest BCUT2D eigenvalue weighted by Crippen LogP contribution is -2.18. The molecule has 0 bridgehead atoms. The summed E-state index contributed by atoms with van der Waals surface area (Å²) in [7, 11) is 2.06. The minimum absolute atomic E-state index is 0.145. The van der Waals surface area contributed by atoms with Gasteiger partial charge in [-0.05, 0) is 42.8 Å². The topological polar surface area (TPSA) is 60.8 Å². The molecule has 3 rings (SSSR count). The highest BCUT2D eigenvalue weighted by atomic mass is 35.5. The number of aliphatic carboxylic acids is 1. The number of carbonyl (C=O) groups is 1. The van der Waals surface area contributed by atoms with Crippen LogP contribution >= 0.6 is 22.9 Å². The Morgan fingerprint density at radius 2 is 2.22 bits per heavy atom. The van der Waals surface area contributed by atoms with E-state index in [0.717, 1.165) is 45.2 Å². The summed E-state index contributed by atoms with van der Waals surface area (Å²) in [5.74, 6) is -0.982. The van der Waals surface area contributed by atoms with Gasteiger partial charge in [-0.3, -0.25) is 0 Å². The van der Waals surface area contributed by atoms with Crippen molar-refractivity contribution in [2.45, 2.75) is 19.4 Å². The van der Waals surface area contributed by atoms with E-state index < -0.39 is 5.97 Å². The van der Waals surface area contributed by atoms with Gasteiger partial charge in [-0.15, -0.1) is 11.3 Å². The monoisotopic (exact) mass is 351 g/mol. The number of halogens is 1. The summed E-state index contributed by atoms with van der Waals surface area (Å²) >= 11 is 7.98. The molecular weight excluding hydrogens is 334 g/mol. The molecule has 2 N–H and O–H groups in total. The number of benzene rings is 1. The van der Waals surface area contributed by atoms with Crippen molar-refractivity contribution in [3.63, 3.8) is 0 Å². The molecule has 0 aliphatic carbocycles. The predicted molar refractivity (Wildman–Crippen MR) is 94.2 cm³/mol. The number of hydrogen-bond donors (Lipinski definition) is 2. The molecule has 1 aliphatic heterocycles. The largest absolute Gasteiger partial charge is 0.478 e. The van der Waals surface area contributed by atoms with Gasteiger partial charge in [0.15, 0.2) is 0 Å². The molecule has 2 aromatic rings. The number of carboxylic acids is 1. The SMILES string of the molecule is CN1CCc2c(Cl)ccc3sc(/C=C(\CCO)C(=O)O)c(c23)C1. The number of aliphatic hydroxyl groups excluding tert-OH is 1. The van der Waals surface area contributed by atoms with Gasteiger partial charge in [0.25, 0.3) is 0 Å². The number of aliphatic hydroxyl groups is 1. The van der Waals surface area contributed by atoms with Crippen LogP contribution in [0.1, 0.15) is 22.4 Å². The van der Waals surface area contributed by atoms with E-state index in [1.54, 1.807) is 17.4 Å².